The Morgan fingerprint density at radius 1 is 1.21 bits per heavy atom. The topological polar surface area (TPSA) is 88.0 Å². The zero-order chi connectivity index (χ0) is 16.8. The minimum Gasteiger partial charge on any atom is -0.347 e. The Balaban J connectivity index is 1.47. The first-order valence-electron chi connectivity index (χ1n) is 8.11. The van der Waals surface area contributed by atoms with Crippen LogP contribution in [0.1, 0.15) is 12.8 Å². The highest BCUT2D eigenvalue weighted by molar-refractivity contribution is 5.94. The molecule has 0 radical (unpaired) electrons. The molecule has 7 nitrogen and oxygen atoms in total. The van der Waals surface area contributed by atoms with Crippen LogP contribution < -0.4 is 16.0 Å². The van der Waals surface area contributed by atoms with Crippen molar-refractivity contribution in [3.63, 3.8) is 0 Å². The van der Waals surface area contributed by atoms with E-state index in [0.29, 0.717) is 5.69 Å². The van der Waals surface area contributed by atoms with Crippen molar-refractivity contribution >= 4 is 17.5 Å². The minimum absolute atomic E-state index is 0.00686. The van der Waals surface area contributed by atoms with Crippen LogP contribution in [0.5, 0.6) is 0 Å². The van der Waals surface area contributed by atoms with Gasteiger partial charge in [0.15, 0.2) is 0 Å². The van der Waals surface area contributed by atoms with Gasteiger partial charge >= 0.3 is 0 Å². The number of aromatic nitrogens is 2. The van der Waals surface area contributed by atoms with Gasteiger partial charge in [0.05, 0.1) is 12.2 Å². The lowest BCUT2D eigenvalue weighted by molar-refractivity contribution is -0.127. The van der Waals surface area contributed by atoms with Gasteiger partial charge in [-0.2, -0.15) is 5.10 Å². The predicted molar refractivity (Wildman–Crippen MR) is 90.8 cm³/mol. The fourth-order valence-corrected chi connectivity index (χ4v) is 2.72. The molecule has 2 heterocycles. The average Bonchev–Trinajstić information content (AvgIpc) is 3.16. The zero-order valence-electron chi connectivity index (χ0n) is 13.4. The summed E-state index contributed by atoms with van der Waals surface area (Å²) in [4.78, 5) is 24.0. The smallest absolute Gasteiger partial charge is 0.243 e. The number of anilines is 1. The Kier molecular flexibility index (Phi) is 5.22. The third kappa shape index (κ3) is 4.20. The first-order valence-corrected chi connectivity index (χ1v) is 8.11. The Morgan fingerprint density at radius 3 is 2.62 bits per heavy atom. The molecule has 0 unspecified atom stereocenters. The molecule has 1 aromatic carbocycles. The summed E-state index contributed by atoms with van der Waals surface area (Å²) in [7, 11) is 0. The number of benzene rings is 1. The molecule has 3 N–H and O–H groups in total. The lowest BCUT2D eigenvalue weighted by atomic mass is 9.97. The van der Waals surface area contributed by atoms with E-state index in [9.17, 15) is 9.59 Å². The maximum atomic E-state index is 12.0. The second kappa shape index (κ2) is 7.74. The lowest BCUT2D eigenvalue weighted by Crippen LogP contribution is -2.41. The highest BCUT2D eigenvalue weighted by Crippen LogP contribution is 2.13. The van der Waals surface area contributed by atoms with E-state index >= 15 is 0 Å². The van der Waals surface area contributed by atoms with Gasteiger partial charge < -0.3 is 16.0 Å². The van der Waals surface area contributed by atoms with Crippen molar-refractivity contribution in [1.29, 1.82) is 0 Å². The van der Waals surface area contributed by atoms with Crippen molar-refractivity contribution in [1.82, 2.24) is 20.4 Å². The fraction of sp³-hybridized carbons (Fsp3) is 0.353. The summed E-state index contributed by atoms with van der Waals surface area (Å²) in [5.74, 6) is -0.266. The molecular formula is C17H21N5O2. The molecule has 2 amide bonds. The number of nitrogens with zero attached hydrogens (tertiary/aromatic N) is 2. The number of nitrogens with one attached hydrogen (secondary N) is 3. The van der Waals surface area contributed by atoms with Gasteiger partial charge in [-0.1, -0.05) is 0 Å². The van der Waals surface area contributed by atoms with Crippen LogP contribution in [0.4, 0.5) is 5.69 Å². The highest BCUT2D eigenvalue weighted by Gasteiger charge is 2.20. The molecule has 1 aliphatic heterocycles. The first kappa shape index (κ1) is 16.2. The van der Waals surface area contributed by atoms with Crippen molar-refractivity contribution in [3.8, 4) is 5.69 Å². The number of carbonyl (C=O) groups excluding carboxylic acids is 2. The maximum absolute atomic E-state index is 12.0. The molecule has 24 heavy (non-hydrogen) atoms. The Bertz CT molecular complexity index is 676. The van der Waals surface area contributed by atoms with E-state index in [1.165, 1.54) is 0 Å². The molecule has 1 aromatic heterocycles. The van der Waals surface area contributed by atoms with Gasteiger partial charge in [-0.3, -0.25) is 9.59 Å². The number of hydrogen-bond donors (Lipinski definition) is 3. The summed E-state index contributed by atoms with van der Waals surface area (Å²) < 4.78 is 1.74. The molecule has 7 heteroatoms. The van der Waals surface area contributed by atoms with Crippen molar-refractivity contribution < 1.29 is 9.59 Å². The van der Waals surface area contributed by atoms with Gasteiger partial charge in [-0.05, 0) is 56.3 Å². The van der Waals surface area contributed by atoms with E-state index in [1.807, 2.05) is 36.5 Å². The van der Waals surface area contributed by atoms with Gasteiger partial charge in [-0.25, -0.2) is 4.68 Å². The molecule has 0 aliphatic carbocycles. The van der Waals surface area contributed by atoms with Gasteiger partial charge in [0, 0.05) is 24.0 Å². The molecule has 3 rings (SSSR count). The summed E-state index contributed by atoms with van der Waals surface area (Å²) in [6.45, 7) is 1.70. The van der Waals surface area contributed by atoms with Crippen molar-refractivity contribution in [2.45, 2.75) is 12.8 Å². The fourth-order valence-electron chi connectivity index (χ4n) is 2.72. The largest absolute Gasteiger partial charge is 0.347 e. The summed E-state index contributed by atoms with van der Waals surface area (Å²) in [6.07, 6.45) is 5.20. The third-order valence-corrected chi connectivity index (χ3v) is 4.05. The van der Waals surface area contributed by atoms with Crippen LogP contribution in [0.2, 0.25) is 0 Å². The number of piperidine rings is 1. The van der Waals surface area contributed by atoms with E-state index < -0.39 is 0 Å². The zero-order valence-corrected chi connectivity index (χ0v) is 13.4. The molecule has 2 aromatic rings. The van der Waals surface area contributed by atoms with Crippen LogP contribution in [0, 0.1) is 5.92 Å². The summed E-state index contributed by atoms with van der Waals surface area (Å²) >= 11 is 0. The molecule has 0 atom stereocenters. The Hall–Kier alpha value is -2.67. The molecule has 1 fully saturated rings. The summed E-state index contributed by atoms with van der Waals surface area (Å²) in [5, 5.41) is 12.9. The van der Waals surface area contributed by atoms with Crippen LogP contribution in [0.25, 0.3) is 5.69 Å². The van der Waals surface area contributed by atoms with Crippen LogP contribution in [-0.2, 0) is 9.59 Å². The Labute approximate surface area is 140 Å². The second-order valence-electron chi connectivity index (χ2n) is 5.79. The normalized spacial score (nSPS) is 15.0. The van der Waals surface area contributed by atoms with Gasteiger partial charge in [-0.15, -0.1) is 0 Å². The molecule has 126 valence electrons. The molecule has 0 bridgehead atoms. The van der Waals surface area contributed by atoms with Crippen LogP contribution in [0.15, 0.2) is 42.7 Å². The lowest BCUT2D eigenvalue weighted by Gasteiger charge is -2.21. The summed E-state index contributed by atoms with van der Waals surface area (Å²) in [6, 6.07) is 9.21. The second-order valence-corrected chi connectivity index (χ2v) is 5.79. The van der Waals surface area contributed by atoms with Crippen molar-refractivity contribution in [2.24, 2.45) is 5.92 Å². The summed E-state index contributed by atoms with van der Waals surface area (Å²) in [5.41, 5.74) is 1.60. The molecule has 1 saturated heterocycles. The molecule has 0 saturated carbocycles. The standard InChI is InChI=1S/C17H21N5O2/c23-16(12-19-17(24)13-6-9-18-10-7-13)21-14-2-4-15(5-3-14)22-11-1-8-20-22/h1-5,8,11,13,18H,6-7,9-10,12H2,(H,19,24)(H,21,23). The van der Waals surface area contributed by atoms with E-state index in [2.05, 4.69) is 21.0 Å². The van der Waals surface area contributed by atoms with Gasteiger partial charge in [0.25, 0.3) is 0 Å². The average molecular weight is 327 g/mol. The Morgan fingerprint density at radius 2 is 1.96 bits per heavy atom. The van der Waals surface area contributed by atoms with Crippen molar-refractivity contribution in [3.05, 3.63) is 42.7 Å². The highest BCUT2D eigenvalue weighted by atomic mass is 16.2. The quantitative estimate of drug-likeness (QED) is 0.762. The number of rotatable bonds is 5. The van der Waals surface area contributed by atoms with E-state index in [4.69, 9.17) is 0 Å². The number of hydrogen-bond acceptors (Lipinski definition) is 4. The minimum atomic E-state index is -0.232. The maximum Gasteiger partial charge on any atom is 0.243 e. The molecule has 1 aliphatic rings. The predicted octanol–water partition coefficient (Wildman–Crippen LogP) is 0.927. The third-order valence-electron chi connectivity index (χ3n) is 4.05. The molecular weight excluding hydrogens is 306 g/mol. The monoisotopic (exact) mass is 327 g/mol. The van der Waals surface area contributed by atoms with Crippen LogP contribution >= 0.6 is 0 Å². The SMILES string of the molecule is O=C(CNC(=O)C1CCNCC1)Nc1ccc(-n2cccn2)cc1. The van der Waals surface area contributed by atoms with E-state index in [-0.39, 0.29) is 24.3 Å². The first-order chi connectivity index (χ1) is 11.7. The van der Waals surface area contributed by atoms with Crippen LogP contribution in [0.3, 0.4) is 0 Å². The van der Waals surface area contributed by atoms with Gasteiger partial charge in [0.1, 0.15) is 0 Å². The number of carbonyl (C=O) groups is 2. The molecule has 0 spiro atoms. The van der Waals surface area contributed by atoms with Crippen molar-refractivity contribution in [2.75, 3.05) is 25.0 Å². The van der Waals surface area contributed by atoms with E-state index in [1.54, 1.807) is 10.9 Å². The number of amides is 2. The van der Waals surface area contributed by atoms with E-state index in [0.717, 1.165) is 31.6 Å². The van der Waals surface area contributed by atoms with Gasteiger partial charge in [0.2, 0.25) is 11.8 Å². The van der Waals surface area contributed by atoms with Crippen LogP contribution in [-0.4, -0.2) is 41.2 Å².